The molecule has 2 aromatic rings. The minimum atomic E-state index is -3.85. The number of piperidine rings is 1. The normalized spacial score (nSPS) is 17.7. The van der Waals surface area contributed by atoms with Gasteiger partial charge in [0.25, 0.3) is 0 Å². The topological polar surface area (TPSA) is 95.8 Å². The molecule has 168 valence electrons. The summed E-state index contributed by atoms with van der Waals surface area (Å²) in [7, 11) is -0.188. The van der Waals surface area contributed by atoms with E-state index in [4.69, 9.17) is 4.52 Å². The van der Waals surface area contributed by atoms with Crippen LogP contribution in [0.25, 0.3) is 6.08 Å². The van der Waals surface area contributed by atoms with Crippen LogP contribution in [0.1, 0.15) is 36.8 Å². The summed E-state index contributed by atoms with van der Waals surface area (Å²) < 4.78 is 33.4. The Morgan fingerprint density at radius 2 is 2.16 bits per heavy atom. The van der Waals surface area contributed by atoms with Crippen molar-refractivity contribution in [2.45, 2.75) is 38.0 Å². The molecule has 1 aliphatic rings. The predicted octanol–water partition coefficient (Wildman–Crippen LogP) is 3.12. The number of nitrogens with one attached hydrogen (secondary N) is 1. The maximum Gasteiger partial charge on any atom is 0.248 e. The summed E-state index contributed by atoms with van der Waals surface area (Å²) in [5.41, 5.74) is 2.17. The Labute approximate surface area is 183 Å². The molecule has 1 aromatic carbocycles. The van der Waals surface area contributed by atoms with Crippen LogP contribution in [0.5, 0.6) is 0 Å². The number of carbonyl (C=O) groups excluding carboxylic acids is 1. The van der Waals surface area contributed by atoms with Gasteiger partial charge < -0.3 is 14.7 Å². The smallest absolute Gasteiger partial charge is 0.248 e. The van der Waals surface area contributed by atoms with E-state index in [1.54, 1.807) is 24.1 Å². The van der Waals surface area contributed by atoms with Gasteiger partial charge in [0.05, 0.1) is 5.92 Å². The van der Waals surface area contributed by atoms with E-state index in [1.165, 1.54) is 4.31 Å². The molecule has 1 fully saturated rings. The minimum absolute atomic E-state index is 0.0577. The maximum absolute atomic E-state index is 13.4. The lowest BCUT2D eigenvalue weighted by Crippen LogP contribution is -2.43. The van der Waals surface area contributed by atoms with Crippen LogP contribution in [-0.4, -0.2) is 55.9 Å². The summed E-state index contributed by atoms with van der Waals surface area (Å²) in [6.45, 7) is 4.15. The Morgan fingerprint density at radius 1 is 1.39 bits per heavy atom. The number of amides is 1. The molecule has 2 heterocycles. The van der Waals surface area contributed by atoms with Crippen molar-refractivity contribution >= 4 is 27.7 Å². The van der Waals surface area contributed by atoms with Crippen LogP contribution >= 0.6 is 0 Å². The van der Waals surface area contributed by atoms with Crippen molar-refractivity contribution in [3.63, 3.8) is 0 Å². The van der Waals surface area contributed by atoms with Gasteiger partial charge in [-0.1, -0.05) is 24.2 Å². The van der Waals surface area contributed by atoms with E-state index in [9.17, 15) is 13.2 Å². The molecule has 1 aromatic heterocycles. The van der Waals surface area contributed by atoms with Crippen molar-refractivity contribution in [3.05, 3.63) is 47.5 Å². The molecular weight excluding hydrogens is 416 g/mol. The predicted molar refractivity (Wildman–Crippen MR) is 120 cm³/mol. The number of sulfonamides is 1. The van der Waals surface area contributed by atoms with Crippen molar-refractivity contribution in [1.82, 2.24) is 14.4 Å². The molecule has 3 rings (SSSR count). The van der Waals surface area contributed by atoms with Crippen LogP contribution in [0.4, 0.5) is 5.69 Å². The molecule has 1 saturated heterocycles. The molecule has 8 nitrogen and oxygen atoms in total. The third-order valence-corrected chi connectivity index (χ3v) is 7.34. The Balaban J connectivity index is 1.78. The third-order valence-electron chi connectivity index (χ3n) is 5.31. The molecule has 1 N–H and O–H groups in total. The molecule has 0 saturated carbocycles. The van der Waals surface area contributed by atoms with E-state index in [0.29, 0.717) is 25.1 Å². The van der Waals surface area contributed by atoms with Gasteiger partial charge >= 0.3 is 0 Å². The maximum atomic E-state index is 13.4. The second-order valence-corrected chi connectivity index (χ2v) is 9.86. The molecule has 9 heteroatoms. The van der Waals surface area contributed by atoms with E-state index < -0.39 is 15.9 Å². The summed E-state index contributed by atoms with van der Waals surface area (Å²) in [6.07, 6.45) is 5.42. The van der Waals surface area contributed by atoms with Gasteiger partial charge in [0.15, 0.2) is 10.7 Å². The second kappa shape index (κ2) is 9.65. The van der Waals surface area contributed by atoms with Crippen LogP contribution < -0.4 is 5.32 Å². The Morgan fingerprint density at radius 3 is 2.87 bits per heavy atom. The fourth-order valence-corrected chi connectivity index (χ4v) is 5.41. The molecule has 0 spiro atoms. The third kappa shape index (κ3) is 5.34. The Bertz CT molecular complexity index is 1060. The van der Waals surface area contributed by atoms with Crippen LogP contribution in [0, 0.1) is 12.8 Å². The first-order valence-electron chi connectivity index (χ1n) is 10.4. The van der Waals surface area contributed by atoms with Crippen molar-refractivity contribution in [3.8, 4) is 0 Å². The van der Waals surface area contributed by atoms with E-state index in [2.05, 4.69) is 17.4 Å². The lowest BCUT2D eigenvalue weighted by Gasteiger charge is -2.31. The number of carbonyl (C=O) groups is 1. The zero-order valence-corrected chi connectivity index (χ0v) is 19.3. The first-order chi connectivity index (χ1) is 14.7. The first-order valence-corrected chi connectivity index (χ1v) is 11.9. The largest absolute Gasteiger partial charge is 0.383 e. The summed E-state index contributed by atoms with van der Waals surface area (Å²) in [5, 5.41) is 6.79. The number of hydrogen-bond acceptors (Lipinski definition) is 6. The molecule has 31 heavy (non-hydrogen) atoms. The molecule has 0 unspecified atom stereocenters. The van der Waals surface area contributed by atoms with Crippen LogP contribution in [-0.2, 0) is 21.2 Å². The SMILES string of the molecule is CCc1cccc(NC(=O)[C@H]2CCCN(S(=O)(=O)c3c(C)noc3/C=C/N(C)C)C2)c1. The lowest BCUT2D eigenvalue weighted by molar-refractivity contribution is -0.120. The number of rotatable bonds is 7. The molecular formula is C22H30N4O4S. The van der Waals surface area contributed by atoms with E-state index in [0.717, 1.165) is 17.7 Å². The lowest BCUT2D eigenvalue weighted by atomic mass is 9.98. The van der Waals surface area contributed by atoms with E-state index in [1.807, 2.05) is 38.4 Å². The van der Waals surface area contributed by atoms with Gasteiger partial charge in [0, 0.05) is 45.1 Å². The molecule has 1 aliphatic heterocycles. The van der Waals surface area contributed by atoms with Gasteiger partial charge in [0.2, 0.25) is 15.9 Å². The Kier molecular flexibility index (Phi) is 7.17. The fourth-order valence-electron chi connectivity index (χ4n) is 3.63. The average molecular weight is 447 g/mol. The van der Waals surface area contributed by atoms with Crippen LogP contribution in [0.3, 0.4) is 0 Å². The molecule has 0 aliphatic carbocycles. The van der Waals surface area contributed by atoms with Gasteiger partial charge in [-0.3, -0.25) is 4.79 Å². The Hall–Kier alpha value is -2.65. The standard InChI is InChI=1S/C22H30N4O4S/c1-5-17-8-6-10-19(14-17)23-22(27)18-9-7-12-26(15-18)31(28,29)21-16(2)24-30-20(21)11-13-25(3)4/h6,8,10-11,13-14,18H,5,7,9,12,15H2,1-4H3,(H,23,27)/b13-11+/t18-/m0/s1. The van der Waals surface area contributed by atoms with E-state index in [-0.39, 0.29) is 23.1 Å². The van der Waals surface area contributed by atoms with Crippen LogP contribution in [0.15, 0.2) is 39.9 Å². The highest BCUT2D eigenvalue weighted by Gasteiger charge is 2.37. The zero-order valence-electron chi connectivity index (χ0n) is 18.5. The number of aromatic nitrogens is 1. The highest BCUT2D eigenvalue weighted by molar-refractivity contribution is 7.89. The number of hydrogen-bond donors (Lipinski definition) is 1. The fraction of sp³-hybridized carbons (Fsp3) is 0.455. The van der Waals surface area contributed by atoms with Gasteiger partial charge in [-0.25, -0.2) is 8.42 Å². The van der Waals surface area contributed by atoms with Crippen molar-refractivity contribution in [2.75, 3.05) is 32.5 Å². The summed E-state index contributed by atoms with van der Waals surface area (Å²) >= 11 is 0. The van der Waals surface area contributed by atoms with Crippen LogP contribution in [0.2, 0.25) is 0 Å². The number of benzene rings is 1. The summed E-state index contributed by atoms with van der Waals surface area (Å²) in [6, 6.07) is 7.70. The number of nitrogens with zero attached hydrogens (tertiary/aromatic N) is 3. The van der Waals surface area contributed by atoms with Gasteiger partial charge in [-0.05, 0) is 43.9 Å². The number of aryl methyl sites for hydroxylation is 2. The summed E-state index contributed by atoms with van der Waals surface area (Å²) in [5.74, 6) is -0.396. The van der Waals surface area contributed by atoms with Gasteiger partial charge in [-0.2, -0.15) is 4.31 Å². The second-order valence-electron chi connectivity index (χ2n) is 7.99. The molecule has 0 radical (unpaired) electrons. The average Bonchev–Trinajstić information content (AvgIpc) is 3.13. The quantitative estimate of drug-likeness (QED) is 0.702. The van der Waals surface area contributed by atoms with Crippen molar-refractivity contribution in [1.29, 1.82) is 0 Å². The first kappa shape index (κ1) is 23.0. The molecule has 1 amide bonds. The molecule has 1 atom stereocenters. The van der Waals surface area contributed by atoms with E-state index >= 15 is 0 Å². The highest BCUT2D eigenvalue weighted by Crippen LogP contribution is 2.29. The van der Waals surface area contributed by atoms with Crippen molar-refractivity contribution < 1.29 is 17.7 Å². The molecule has 0 bridgehead atoms. The van der Waals surface area contributed by atoms with Gasteiger partial charge in [0.1, 0.15) is 5.69 Å². The van der Waals surface area contributed by atoms with Gasteiger partial charge in [-0.15, -0.1) is 0 Å². The highest BCUT2D eigenvalue weighted by atomic mass is 32.2. The monoisotopic (exact) mass is 446 g/mol. The van der Waals surface area contributed by atoms with Crippen molar-refractivity contribution in [2.24, 2.45) is 5.92 Å². The summed E-state index contributed by atoms with van der Waals surface area (Å²) in [4.78, 5) is 14.7. The number of anilines is 1. The zero-order chi connectivity index (χ0) is 22.6. The minimum Gasteiger partial charge on any atom is -0.383 e.